The van der Waals surface area contributed by atoms with Crippen molar-refractivity contribution < 1.29 is 40.6 Å². The van der Waals surface area contributed by atoms with Crippen LogP contribution in [0.1, 0.15) is 22.3 Å². The number of nitriles is 2. The van der Waals surface area contributed by atoms with Crippen molar-refractivity contribution in [2.24, 2.45) is 0 Å². The number of nitrogens with zero attached hydrogens (tertiary/aromatic N) is 4. The van der Waals surface area contributed by atoms with Gasteiger partial charge in [-0.25, -0.2) is 0 Å². The summed E-state index contributed by atoms with van der Waals surface area (Å²) < 4.78 is 105. The van der Waals surface area contributed by atoms with E-state index >= 15 is 0 Å². The summed E-state index contributed by atoms with van der Waals surface area (Å²) in [5.74, 6) is 1.88. The second-order valence-electron chi connectivity index (χ2n) is 14.2. The minimum Gasteiger partial charge on any atom is -0.497 e. The molecule has 0 bridgehead atoms. The molecule has 9 rings (SSSR count). The van der Waals surface area contributed by atoms with Gasteiger partial charge in [-0.15, -0.1) is 0 Å². The highest BCUT2D eigenvalue weighted by atomic mass is 19.4. The number of halogens is 6. The minimum atomic E-state index is -4.79. The largest absolute Gasteiger partial charge is 0.497 e. The molecule has 0 atom stereocenters. The van der Waals surface area contributed by atoms with Crippen LogP contribution in [0.5, 0.6) is 23.0 Å². The summed E-state index contributed by atoms with van der Waals surface area (Å²) in [6.07, 6.45) is -9.58. The fourth-order valence-corrected chi connectivity index (χ4v) is 7.79. The van der Waals surface area contributed by atoms with Crippen LogP contribution in [0.3, 0.4) is 0 Å². The average Bonchev–Trinajstić information content (AvgIpc) is 3.60. The summed E-state index contributed by atoms with van der Waals surface area (Å²) in [4.78, 5) is 1.93. The van der Waals surface area contributed by atoms with Gasteiger partial charge in [0.1, 0.15) is 11.5 Å². The van der Waals surface area contributed by atoms with Crippen molar-refractivity contribution in [2.75, 3.05) is 19.1 Å². The number of ether oxygens (including phenoxy) is 3. The maximum absolute atomic E-state index is 14.3. The van der Waals surface area contributed by atoms with Gasteiger partial charge in [-0.2, -0.15) is 36.9 Å². The van der Waals surface area contributed by atoms with Crippen LogP contribution >= 0.6 is 0 Å². The Bertz CT molecular complexity index is 3020. The lowest BCUT2D eigenvalue weighted by molar-refractivity contribution is -0.138. The lowest BCUT2D eigenvalue weighted by Gasteiger charge is -2.35. The van der Waals surface area contributed by atoms with Crippen molar-refractivity contribution in [3.05, 3.63) is 156 Å². The SMILES string of the molecule is COc1ccc2c(c1)N(c1cc(-c3ccc(C#N)cc3)cc(-n3c4ccc(C(F)(F)F)cc4c4cc(C(F)(F)F)ccc43)c1-c1ccc(C#N)cc1)c1cc(OC)ccc1O2. The molecule has 0 saturated heterocycles. The van der Waals surface area contributed by atoms with Gasteiger partial charge in [-0.05, 0) is 114 Å². The zero-order valence-corrected chi connectivity index (χ0v) is 32.0. The quantitative estimate of drug-likeness (QED) is 0.155. The fourth-order valence-electron chi connectivity index (χ4n) is 7.79. The molecule has 0 amide bonds. The molecular formula is C48H28F6N4O3. The molecule has 61 heavy (non-hydrogen) atoms. The van der Waals surface area contributed by atoms with Crippen molar-refractivity contribution in [3.63, 3.8) is 0 Å². The first-order valence-electron chi connectivity index (χ1n) is 18.6. The van der Waals surface area contributed by atoms with Crippen LogP contribution < -0.4 is 19.1 Å². The van der Waals surface area contributed by atoms with Crippen LogP contribution in [0, 0.1) is 22.7 Å². The summed E-state index contributed by atoms with van der Waals surface area (Å²) >= 11 is 0. The van der Waals surface area contributed by atoms with Gasteiger partial charge in [0.05, 0.1) is 82.4 Å². The number of benzene rings is 7. The molecule has 300 valence electrons. The van der Waals surface area contributed by atoms with Crippen LogP contribution in [-0.2, 0) is 12.4 Å². The highest BCUT2D eigenvalue weighted by Crippen LogP contribution is 2.56. The van der Waals surface area contributed by atoms with Gasteiger partial charge in [0.2, 0.25) is 0 Å². The van der Waals surface area contributed by atoms with E-state index in [-0.39, 0.29) is 21.8 Å². The first-order valence-corrected chi connectivity index (χ1v) is 18.6. The summed E-state index contributed by atoms with van der Waals surface area (Å²) in [6, 6.07) is 38.2. The smallest absolute Gasteiger partial charge is 0.416 e. The van der Waals surface area contributed by atoms with Gasteiger partial charge < -0.3 is 23.7 Å². The van der Waals surface area contributed by atoms with Crippen molar-refractivity contribution in [1.82, 2.24) is 4.57 Å². The molecule has 0 unspecified atom stereocenters. The number of alkyl halides is 6. The highest BCUT2D eigenvalue weighted by Gasteiger charge is 2.35. The summed E-state index contributed by atoms with van der Waals surface area (Å²) in [6.45, 7) is 0. The Morgan fingerprint density at radius 2 is 0.951 bits per heavy atom. The average molecular weight is 823 g/mol. The first-order chi connectivity index (χ1) is 29.3. The summed E-state index contributed by atoms with van der Waals surface area (Å²) in [5.41, 5.74) is 3.33. The van der Waals surface area contributed by atoms with Crippen molar-refractivity contribution in [3.8, 4) is 63.1 Å². The number of methoxy groups -OCH3 is 2. The molecule has 0 radical (unpaired) electrons. The van der Waals surface area contributed by atoms with Gasteiger partial charge in [0.25, 0.3) is 0 Å². The maximum atomic E-state index is 14.3. The summed E-state index contributed by atoms with van der Waals surface area (Å²) in [7, 11) is 3.05. The molecule has 2 heterocycles. The van der Waals surface area contributed by atoms with E-state index in [9.17, 15) is 36.9 Å². The molecule has 0 N–H and O–H groups in total. The third-order valence-electron chi connectivity index (χ3n) is 10.7. The van der Waals surface area contributed by atoms with Crippen LogP contribution in [-0.4, -0.2) is 18.8 Å². The van der Waals surface area contributed by atoms with Gasteiger partial charge in [0.15, 0.2) is 11.5 Å². The predicted molar refractivity (Wildman–Crippen MR) is 219 cm³/mol. The lowest BCUT2D eigenvalue weighted by Crippen LogP contribution is -2.18. The van der Waals surface area contributed by atoms with Gasteiger partial charge in [-0.1, -0.05) is 24.3 Å². The van der Waals surface area contributed by atoms with E-state index in [0.29, 0.717) is 79.1 Å². The van der Waals surface area contributed by atoms with E-state index in [1.54, 1.807) is 89.5 Å². The second-order valence-corrected chi connectivity index (χ2v) is 14.2. The van der Waals surface area contributed by atoms with Crippen LogP contribution in [0.25, 0.3) is 49.7 Å². The Hall–Kier alpha value is -7.90. The van der Waals surface area contributed by atoms with E-state index in [2.05, 4.69) is 12.1 Å². The fraction of sp³-hybridized carbons (Fsp3) is 0.0833. The van der Waals surface area contributed by atoms with Crippen molar-refractivity contribution >= 4 is 38.9 Å². The third-order valence-corrected chi connectivity index (χ3v) is 10.7. The predicted octanol–water partition coefficient (Wildman–Crippen LogP) is 13.5. The third kappa shape index (κ3) is 6.66. The van der Waals surface area contributed by atoms with Gasteiger partial charge in [-0.3, -0.25) is 0 Å². The van der Waals surface area contributed by atoms with E-state index in [0.717, 1.165) is 24.3 Å². The van der Waals surface area contributed by atoms with E-state index in [1.165, 1.54) is 26.4 Å². The molecule has 7 nitrogen and oxygen atoms in total. The molecule has 0 fully saturated rings. The Labute approximate surface area is 344 Å². The van der Waals surface area contributed by atoms with Crippen LogP contribution in [0.15, 0.2) is 133 Å². The van der Waals surface area contributed by atoms with Crippen LogP contribution in [0.2, 0.25) is 0 Å². The second kappa shape index (κ2) is 14.4. The molecule has 1 aromatic heterocycles. The molecule has 0 aliphatic carbocycles. The standard InChI is InChI=1S/C48H28F6N4O3/c1-59-34-13-17-44-40(23-34)58(41-24-35(60-2)14-18-45(41)61-44)43-20-31(29-7-3-27(25-55)4-8-29)19-42(46(43)30-9-5-28(26-56)6-10-30)57-38-15-11-32(47(49,50)51)21-36(38)37-22-33(48(52,53)54)12-16-39(37)57/h3-24H,1-2H3. The van der Waals surface area contributed by atoms with Crippen molar-refractivity contribution in [1.29, 1.82) is 10.5 Å². The zero-order chi connectivity index (χ0) is 42.8. The molecule has 1 aliphatic rings. The summed E-state index contributed by atoms with van der Waals surface area (Å²) in [5, 5.41) is 19.3. The van der Waals surface area contributed by atoms with Crippen LogP contribution in [0.4, 0.5) is 43.4 Å². The zero-order valence-electron chi connectivity index (χ0n) is 32.0. The Balaban J connectivity index is 1.48. The molecule has 13 heteroatoms. The minimum absolute atomic E-state index is 0.0523. The van der Waals surface area contributed by atoms with E-state index in [4.69, 9.17) is 14.2 Å². The molecular weight excluding hydrogens is 795 g/mol. The highest BCUT2D eigenvalue weighted by molar-refractivity contribution is 6.11. The van der Waals surface area contributed by atoms with Gasteiger partial charge in [0, 0.05) is 28.5 Å². The molecule has 8 aromatic rings. The van der Waals surface area contributed by atoms with Gasteiger partial charge >= 0.3 is 12.4 Å². The van der Waals surface area contributed by atoms with E-state index in [1.807, 2.05) is 17.0 Å². The topological polar surface area (TPSA) is 83.4 Å². The maximum Gasteiger partial charge on any atom is 0.416 e. The number of hydrogen-bond donors (Lipinski definition) is 0. The molecule has 1 aliphatic heterocycles. The van der Waals surface area contributed by atoms with E-state index < -0.39 is 23.5 Å². The Morgan fingerprint density at radius 3 is 1.39 bits per heavy atom. The normalized spacial score (nSPS) is 12.3. The Morgan fingerprint density at radius 1 is 0.492 bits per heavy atom. The number of fused-ring (bicyclic) bond motifs is 5. The number of anilines is 3. The number of aromatic nitrogens is 1. The lowest BCUT2D eigenvalue weighted by atomic mass is 9.93. The molecule has 0 spiro atoms. The molecule has 7 aromatic carbocycles. The number of rotatable bonds is 6. The number of hydrogen-bond acceptors (Lipinski definition) is 6. The van der Waals surface area contributed by atoms with Crippen molar-refractivity contribution in [2.45, 2.75) is 12.4 Å². The molecule has 0 saturated carbocycles. The first kappa shape index (κ1) is 38.6. The Kier molecular flexibility index (Phi) is 9.13. The monoisotopic (exact) mass is 822 g/mol.